The smallest absolute Gasteiger partial charge is 0.255 e. The average molecular weight is 211 g/mol. The zero-order valence-corrected chi connectivity index (χ0v) is 8.88. The summed E-state index contributed by atoms with van der Waals surface area (Å²) < 4.78 is 1.45. The predicted molar refractivity (Wildman–Crippen MR) is 56.4 cm³/mol. The molecule has 0 aromatic carbocycles. The maximum Gasteiger partial charge on any atom is 0.255 e. The zero-order chi connectivity index (χ0) is 10.7. The molecular weight excluding hydrogens is 200 g/mol. The lowest BCUT2D eigenvalue weighted by Crippen LogP contribution is -2.24. The van der Waals surface area contributed by atoms with Crippen LogP contribution in [0.1, 0.15) is 25.6 Å². The third-order valence-electron chi connectivity index (χ3n) is 1.77. The third-order valence-corrected chi connectivity index (χ3v) is 1.97. The molecule has 1 aromatic rings. The molecule has 0 amide bonds. The van der Waals surface area contributed by atoms with Crippen molar-refractivity contribution in [3.05, 3.63) is 27.4 Å². The summed E-state index contributed by atoms with van der Waals surface area (Å²) in [5, 5.41) is 0.215. The van der Waals surface area contributed by atoms with Crippen molar-refractivity contribution in [2.45, 2.75) is 26.3 Å². The second-order valence-electron chi connectivity index (χ2n) is 3.22. The third kappa shape index (κ3) is 2.15. The molecule has 1 aromatic heterocycles. The van der Waals surface area contributed by atoms with Crippen molar-refractivity contribution in [2.75, 3.05) is 0 Å². The van der Waals surface area contributed by atoms with E-state index in [4.69, 9.17) is 18.0 Å². The lowest BCUT2D eigenvalue weighted by Gasteiger charge is -2.11. The number of nitrogens with zero attached hydrogens (tertiary/aromatic N) is 2. The molecule has 0 aliphatic rings. The molecule has 1 heterocycles. The molecule has 0 saturated heterocycles. The first kappa shape index (κ1) is 10.8. The van der Waals surface area contributed by atoms with Crippen LogP contribution >= 0.6 is 11.6 Å². The summed E-state index contributed by atoms with van der Waals surface area (Å²) in [5.41, 5.74) is -0.202. The molecule has 0 aliphatic heterocycles. The first-order valence-corrected chi connectivity index (χ1v) is 4.64. The van der Waals surface area contributed by atoms with Crippen molar-refractivity contribution in [2.24, 2.45) is 0 Å². The Morgan fingerprint density at radius 2 is 2.36 bits per heavy atom. The van der Waals surface area contributed by atoms with Crippen LogP contribution in [-0.4, -0.2) is 9.55 Å². The lowest BCUT2D eigenvalue weighted by molar-refractivity contribution is 0.640. The molecule has 0 bridgehead atoms. The summed E-state index contributed by atoms with van der Waals surface area (Å²) in [6.45, 7) is 4.10. The minimum Gasteiger partial charge on any atom is -0.285 e. The minimum atomic E-state index is -0.202. The molecule has 74 valence electrons. The van der Waals surface area contributed by atoms with Gasteiger partial charge in [0.1, 0.15) is 11.0 Å². The molecule has 0 radical (unpaired) electrons. The largest absolute Gasteiger partial charge is 0.285 e. The van der Waals surface area contributed by atoms with Crippen molar-refractivity contribution in [3.8, 4) is 12.3 Å². The van der Waals surface area contributed by atoms with Crippen LogP contribution in [0.2, 0.25) is 5.15 Å². The fraction of sp³-hybridized carbons (Fsp3) is 0.400. The number of rotatable bonds is 2. The second kappa shape index (κ2) is 4.30. The highest BCUT2D eigenvalue weighted by Gasteiger charge is 2.09. The molecule has 14 heavy (non-hydrogen) atoms. The van der Waals surface area contributed by atoms with Crippen LogP contribution in [0.5, 0.6) is 0 Å². The van der Waals surface area contributed by atoms with Crippen LogP contribution in [0.3, 0.4) is 0 Å². The number of terminal acetylenes is 1. The Labute approximate surface area is 87.7 Å². The van der Waals surface area contributed by atoms with Gasteiger partial charge in [-0.3, -0.25) is 9.36 Å². The Hall–Kier alpha value is -1.27. The van der Waals surface area contributed by atoms with Crippen LogP contribution in [0.4, 0.5) is 0 Å². The van der Waals surface area contributed by atoms with Crippen molar-refractivity contribution >= 4 is 11.6 Å². The molecule has 0 fully saturated rings. The summed E-state index contributed by atoms with van der Waals surface area (Å²) in [7, 11) is 0. The van der Waals surface area contributed by atoms with Crippen molar-refractivity contribution in [1.29, 1.82) is 0 Å². The van der Waals surface area contributed by atoms with Crippen molar-refractivity contribution in [3.63, 3.8) is 0 Å². The number of hydrogen-bond acceptors (Lipinski definition) is 2. The Kier molecular flexibility index (Phi) is 3.32. The summed E-state index contributed by atoms with van der Waals surface area (Å²) >= 11 is 5.69. The lowest BCUT2D eigenvalue weighted by atomic mass is 10.2. The van der Waals surface area contributed by atoms with Crippen LogP contribution in [-0.2, 0) is 6.54 Å². The minimum absolute atomic E-state index is 0.120. The summed E-state index contributed by atoms with van der Waals surface area (Å²) in [5.74, 6) is 3.16. The normalized spacial score (nSPS) is 10.2. The molecule has 1 rings (SSSR count). The van der Waals surface area contributed by atoms with E-state index >= 15 is 0 Å². The maximum absolute atomic E-state index is 11.5. The number of aromatic nitrogens is 2. The predicted octanol–water partition coefficient (Wildman–Crippen LogP) is 1.65. The first-order valence-electron chi connectivity index (χ1n) is 4.27. The SMILES string of the molecule is C#CCn1c(C(C)C)nc(Cl)cc1=O. The average Bonchev–Trinajstić information content (AvgIpc) is 2.09. The van der Waals surface area contributed by atoms with Gasteiger partial charge >= 0.3 is 0 Å². The highest BCUT2D eigenvalue weighted by Crippen LogP contribution is 2.12. The standard InChI is InChI=1S/C10H11ClN2O/c1-4-5-13-9(14)6-8(11)12-10(13)7(2)3/h1,6-7H,5H2,2-3H3. The van der Waals surface area contributed by atoms with Crippen LogP contribution in [0.15, 0.2) is 10.9 Å². The molecule has 0 spiro atoms. The Morgan fingerprint density at radius 3 is 2.86 bits per heavy atom. The summed E-state index contributed by atoms with van der Waals surface area (Å²) in [6.07, 6.45) is 5.17. The van der Waals surface area contributed by atoms with Gasteiger partial charge in [-0.25, -0.2) is 4.98 Å². The monoisotopic (exact) mass is 210 g/mol. The highest BCUT2D eigenvalue weighted by molar-refractivity contribution is 6.29. The molecule has 0 saturated carbocycles. The maximum atomic E-state index is 11.5. The van der Waals surface area contributed by atoms with Gasteiger partial charge in [-0.05, 0) is 0 Å². The van der Waals surface area contributed by atoms with Gasteiger partial charge in [0.2, 0.25) is 0 Å². The molecule has 0 atom stereocenters. The number of halogens is 1. The van der Waals surface area contributed by atoms with Gasteiger partial charge in [0.25, 0.3) is 5.56 Å². The molecule has 3 nitrogen and oxygen atoms in total. The van der Waals surface area contributed by atoms with E-state index in [0.29, 0.717) is 5.82 Å². The van der Waals surface area contributed by atoms with Gasteiger partial charge in [-0.2, -0.15) is 0 Å². The molecule has 4 heteroatoms. The van der Waals surface area contributed by atoms with E-state index in [0.717, 1.165) is 0 Å². The van der Waals surface area contributed by atoms with Gasteiger partial charge in [0.15, 0.2) is 0 Å². The zero-order valence-electron chi connectivity index (χ0n) is 8.12. The summed E-state index contributed by atoms with van der Waals surface area (Å²) in [4.78, 5) is 15.6. The first-order chi connectivity index (χ1) is 6.56. The fourth-order valence-corrected chi connectivity index (χ4v) is 1.37. The van der Waals surface area contributed by atoms with E-state index in [9.17, 15) is 4.79 Å². The Morgan fingerprint density at radius 1 is 1.71 bits per heavy atom. The molecule has 0 aliphatic carbocycles. The van der Waals surface area contributed by atoms with E-state index in [-0.39, 0.29) is 23.2 Å². The van der Waals surface area contributed by atoms with E-state index in [1.807, 2.05) is 13.8 Å². The molecule has 0 unspecified atom stereocenters. The van der Waals surface area contributed by atoms with Gasteiger partial charge in [-0.1, -0.05) is 31.4 Å². The van der Waals surface area contributed by atoms with Gasteiger partial charge in [0, 0.05) is 12.0 Å². The van der Waals surface area contributed by atoms with Crippen LogP contribution in [0.25, 0.3) is 0 Å². The van der Waals surface area contributed by atoms with Crippen molar-refractivity contribution in [1.82, 2.24) is 9.55 Å². The highest BCUT2D eigenvalue weighted by atomic mass is 35.5. The Bertz CT molecular complexity index is 429. The van der Waals surface area contributed by atoms with E-state index in [1.54, 1.807) is 0 Å². The van der Waals surface area contributed by atoms with E-state index in [1.165, 1.54) is 10.6 Å². The topological polar surface area (TPSA) is 34.9 Å². The Balaban J connectivity index is 3.38. The van der Waals surface area contributed by atoms with Gasteiger partial charge in [-0.15, -0.1) is 6.42 Å². The van der Waals surface area contributed by atoms with Gasteiger partial charge < -0.3 is 0 Å². The number of hydrogen-bond donors (Lipinski definition) is 0. The van der Waals surface area contributed by atoms with Crippen LogP contribution in [0, 0.1) is 12.3 Å². The molecule has 0 N–H and O–H groups in total. The quantitative estimate of drug-likeness (QED) is 0.550. The van der Waals surface area contributed by atoms with Gasteiger partial charge in [0.05, 0.1) is 6.54 Å². The van der Waals surface area contributed by atoms with E-state index < -0.39 is 0 Å². The van der Waals surface area contributed by atoms with Crippen LogP contribution < -0.4 is 5.56 Å². The summed E-state index contributed by atoms with van der Waals surface area (Å²) in [6, 6.07) is 1.27. The van der Waals surface area contributed by atoms with Crippen molar-refractivity contribution < 1.29 is 0 Å². The second-order valence-corrected chi connectivity index (χ2v) is 3.61. The van der Waals surface area contributed by atoms with E-state index in [2.05, 4.69) is 10.9 Å². The molecular formula is C10H11ClN2O. The fourth-order valence-electron chi connectivity index (χ4n) is 1.19.